The van der Waals surface area contributed by atoms with Crippen LogP contribution >= 0.6 is 11.6 Å². The SMILES string of the molecule is CN1Cc2ccccc2C[C@@H]1C(=O)NCCc1nc2ccc(Cl)cc2[nH]1. The van der Waals surface area contributed by atoms with Crippen LogP contribution in [0.2, 0.25) is 5.02 Å². The maximum atomic E-state index is 12.6. The van der Waals surface area contributed by atoms with Gasteiger partial charge in [-0.3, -0.25) is 9.69 Å². The summed E-state index contributed by atoms with van der Waals surface area (Å²) in [5, 5.41) is 3.73. The number of aromatic amines is 1. The average molecular weight is 369 g/mol. The van der Waals surface area contributed by atoms with Crippen molar-refractivity contribution in [3.05, 3.63) is 64.4 Å². The van der Waals surface area contributed by atoms with E-state index in [1.807, 2.05) is 37.4 Å². The van der Waals surface area contributed by atoms with Crippen molar-refractivity contribution in [1.29, 1.82) is 0 Å². The summed E-state index contributed by atoms with van der Waals surface area (Å²) >= 11 is 6.00. The molecule has 1 amide bonds. The van der Waals surface area contributed by atoms with Crippen molar-refractivity contribution in [1.82, 2.24) is 20.2 Å². The normalized spacial score (nSPS) is 17.2. The van der Waals surface area contributed by atoms with Crippen molar-refractivity contribution in [2.75, 3.05) is 13.6 Å². The number of rotatable bonds is 4. The molecule has 1 aliphatic heterocycles. The summed E-state index contributed by atoms with van der Waals surface area (Å²) in [6, 6.07) is 13.8. The zero-order chi connectivity index (χ0) is 18.1. The molecule has 1 atom stereocenters. The summed E-state index contributed by atoms with van der Waals surface area (Å²) in [5.41, 5.74) is 4.38. The largest absolute Gasteiger partial charge is 0.354 e. The lowest BCUT2D eigenvalue weighted by atomic mass is 9.94. The van der Waals surface area contributed by atoms with E-state index in [-0.39, 0.29) is 11.9 Å². The molecule has 6 heteroatoms. The van der Waals surface area contributed by atoms with Crippen molar-refractivity contribution in [3.63, 3.8) is 0 Å². The van der Waals surface area contributed by atoms with E-state index in [0.29, 0.717) is 18.0 Å². The van der Waals surface area contributed by atoms with Gasteiger partial charge in [-0.15, -0.1) is 0 Å². The Balaban J connectivity index is 1.36. The van der Waals surface area contributed by atoms with Gasteiger partial charge in [0.1, 0.15) is 5.82 Å². The molecule has 0 unspecified atom stereocenters. The molecule has 0 spiro atoms. The molecule has 5 nitrogen and oxygen atoms in total. The minimum Gasteiger partial charge on any atom is -0.354 e. The Labute approximate surface area is 157 Å². The van der Waals surface area contributed by atoms with Crippen LogP contribution in [0.5, 0.6) is 0 Å². The number of halogens is 1. The van der Waals surface area contributed by atoms with Crippen LogP contribution in [0.4, 0.5) is 0 Å². The third kappa shape index (κ3) is 3.45. The number of imidazole rings is 1. The van der Waals surface area contributed by atoms with E-state index in [0.717, 1.165) is 29.8 Å². The molecule has 3 aromatic rings. The van der Waals surface area contributed by atoms with Crippen LogP contribution in [-0.2, 0) is 24.2 Å². The molecular weight excluding hydrogens is 348 g/mol. The number of H-pyrrole nitrogens is 1. The molecule has 1 aromatic heterocycles. The van der Waals surface area contributed by atoms with E-state index in [4.69, 9.17) is 11.6 Å². The molecule has 4 rings (SSSR count). The van der Waals surface area contributed by atoms with Gasteiger partial charge < -0.3 is 10.3 Å². The predicted molar refractivity (Wildman–Crippen MR) is 103 cm³/mol. The molecule has 26 heavy (non-hydrogen) atoms. The Morgan fingerprint density at radius 1 is 1.31 bits per heavy atom. The molecule has 2 aromatic carbocycles. The van der Waals surface area contributed by atoms with Crippen LogP contribution in [0, 0.1) is 0 Å². The van der Waals surface area contributed by atoms with Crippen LogP contribution in [0.1, 0.15) is 17.0 Å². The molecule has 2 heterocycles. The lowest BCUT2D eigenvalue weighted by Gasteiger charge is -2.33. The fraction of sp³-hybridized carbons (Fsp3) is 0.300. The number of nitrogens with zero attached hydrogens (tertiary/aromatic N) is 2. The van der Waals surface area contributed by atoms with Gasteiger partial charge >= 0.3 is 0 Å². The number of fused-ring (bicyclic) bond motifs is 2. The van der Waals surface area contributed by atoms with Crippen molar-refractivity contribution >= 4 is 28.5 Å². The van der Waals surface area contributed by atoms with Crippen molar-refractivity contribution in [2.45, 2.75) is 25.4 Å². The molecule has 0 saturated heterocycles. The second kappa shape index (κ2) is 7.09. The van der Waals surface area contributed by atoms with Gasteiger partial charge in [-0.1, -0.05) is 35.9 Å². The molecule has 1 aliphatic rings. The maximum absolute atomic E-state index is 12.6. The van der Waals surface area contributed by atoms with Crippen LogP contribution in [0.15, 0.2) is 42.5 Å². The Bertz CT molecular complexity index is 952. The zero-order valence-electron chi connectivity index (χ0n) is 14.6. The van der Waals surface area contributed by atoms with E-state index in [9.17, 15) is 4.79 Å². The standard InChI is InChI=1S/C20H21ClN4O/c1-25-12-14-5-3-2-4-13(14)10-18(25)20(26)22-9-8-19-23-16-7-6-15(21)11-17(16)24-19/h2-7,11,18H,8-10,12H2,1H3,(H,22,26)(H,23,24)/t18-/m1/s1. The molecule has 2 N–H and O–H groups in total. The number of nitrogens with one attached hydrogen (secondary N) is 2. The molecule has 0 fully saturated rings. The van der Waals surface area contributed by atoms with Gasteiger partial charge in [0.05, 0.1) is 17.1 Å². The van der Waals surface area contributed by atoms with Crippen molar-refractivity contribution in [3.8, 4) is 0 Å². The van der Waals surface area contributed by atoms with Crippen LogP contribution < -0.4 is 5.32 Å². The topological polar surface area (TPSA) is 61.0 Å². The number of benzene rings is 2. The second-order valence-corrected chi connectivity index (χ2v) is 7.23. The molecular formula is C20H21ClN4O. The van der Waals surface area contributed by atoms with Gasteiger partial charge in [-0.05, 0) is 42.8 Å². The van der Waals surface area contributed by atoms with Gasteiger partial charge in [-0.25, -0.2) is 4.98 Å². The summed E-state index contributed by atoms with van der Waals surface area (Å²) < 4.78 is 0. The second-order valence-electron chi connectivity index (χ2n) is 6.79. The summed E-state index contributed by atoms with van der Waals surface area (Å²) in [7, 11) is 2.00. The first-order valence-corrected chi connectivity index (χ1v) is 9.17. The van der Waals surface area contributed by atoms with E-state index < -0.39 is 0 Å². The first kappa shape index (κ1) is 17.1. The number of aromatic nitrogens is 2. The Hall–Kier alpha value is -2.37. The lowest BCUT2D eigenvalue weighted by Crippen LogP contribution is -2.48. The number of likely N-dealkylation sites (N-methyl/N-ethyl adjacent to an activating group) is 1. The third-order valence-electron chi connectivity index (χ3n) is 4.94. The van der Waals surface area contributed by atoms with Crippen molar-refractivity contribution in [2.24, 2.45) is 0 Å². The summed E-state index contributed by atoms with van der Waals surface area (Å²) in [5.74, 6) is 0.922. The fourth-order valence-electron chi connectivity index (χ4n) is 3.52. The highest BCUT2D eigenvalue weighted by Gasteiger charge is 2.28. The van der Waals surface area contributed by atoms with Gasteiger partial charge in [0, 0.05) is 24.5 Å². The van der Waals surface area contributed by atoms with E-state index >= 15 is 0 Å². The van der Waals surface area contributed by atoms with Crippen LogP contribution in [0.3, 0.4) is 0 Å². The number of hydrogen-bond acceptors (Lipinski definition) is 3. The Morgan fingerprint density at radius 3 is 2.96 bits per heavy atom. The highest BCUT2D eigenvalue weighted by atomic mass is 35.5. The van der Waals surface area contributed by atoms with Gasteiger partial charge in [0.2, 0.25) is 5.91 Å². The fourth-order valence-corrected chi connectivity index (χ4v) is 3.69. The lowest BCUT2D eigenvalue weighted by molar-refractivity contribution is -0.126. The molecule has 0 saturated carbocycles. The molecule has 0 bridgehead atoms. The Kier molecular flexibility index (Phi) is 4.66. The monoisotopic (exact) mass is 368 g/mol. The van der Waals surface area contributed by atoms with Gasteiger partial charge in [-0.2, -0.15) is 0 Å². The molecule has 0 radical (unpaired) electrons. The minimum absolute atomic E-state index is 0.0705. The minimum atomic E-state index is -0.126. The zero-order valence-corrected chi connectivity index (χ0v) is 15.4. The highest BCUT2D eigenvalue weighted by molar-refractivity contribution is 6.31. The van der Waals surface area contributed by atoms with Crippen LogP contribution in [-0.4, -0.2) is 40.4 Å². The smallest absolute Gasteiger partial charge is 0.237 e. The van der Waals surface area contributed by atoms with Gasteiger partial charge in [0.15, 0.2) is 0 Å². The third-order valence-corrected chi connectivity index (χ3v) is 5.18. The maximum Gasteiger partial charge on any atom is 0.237 e. The Morgan fingerprint density at radius 2 is 2.12 bits per heavy atom. The summed E-state index contributed by atoms with van der Waals surface area (Å²) in [6.45, 7) is 1.36. The number of carbonyl (C=O) groups excluding carboxylic acids is 1. The van der Waals surface area contributed by atoms with E-state index in [2.05, 4.69) is 32.3 Å². The van der Waals surface area contributed by atoms with Crippen molar-refractivity contribution < 1.29 is 4.79 Å². The first-order valence-electron chi connectivity index (χ1n) is 8.79. The summed E-state index contributed by atoms with van der Waals surface area (Å²) in [4.78, 5) is 22.5. The van der Waals surface area contributed by atoms with E-state index in [1.165, 1.54) is 11.1 Å². The van der Waals surface area contributed by atoms with E-state index in [1.54, 1.807) is 0 Å². The predicted octanol–water partition coefficient (Wildman–Crippen LogP) is 2.93. The quantitative estimate of drug-likeness (QED) is 0.744. The molecule has 134 valence electrons. The highest BCUT2D eigenvalue weighted by Crippen LogP contribution is 2.22. The van der Waals surface area contributed by atoms with Gasteiger partial charge in [0.25, 0.3) is 0 Å². The first-order chi connectivity index (χ1) is 12.6. The number of amides is 1. The number of carbonyl (C=O) groups is 1. The average Bonchev–Trinajstić information content (AvgIpc) is 3.02. The van der Waals surface area contributed by atoms with Crippen LogP contribution in [0.25, 0.3) is 11.0 Å². The number of hydrogen-bond donors (Lipinski definition) is 2. The summed E-state index contributed by atoms with van der Waals surface area (Å²) in [6.07, 6.45) is 1.41. The molecule has 0 aliphatic carbocycles.